The molecule has 1 aliphatic rings. The van der Waals surface area contributed by atoms with Gasteiger partial charge in [-0.05, 0) is 30.7 Å². The Morgan fingerprint density at radius 3 is 2.32 bits per heavy atom. The molecule has 0 N–H and O–H groups in total. The molecule has 0 radical (unpaired) electrons. The summed E-state index contributed by atoms with van der Waals surface area (Å²) in [6.07, 6.45) is -4.23. The SMILES string of the molecule is O=S(=O)(c1ccc(OC(F)(F)F)cc1)N1CCCO1. The predicted octanol–water partition coefficient (Wildman–Crippen LogP) is 1.91. The Labute approximate surface area is 107 Å². The van der Waals surface area contributed by atoms with Crippen molar-refractivity contribution in [2.45, 2.75) is 17.7 Å². The van der Waals surface area contributed by atoms with Crippen molar-refractivity contribution in [1.82, 2.24) is 4.47 Å². The second-order valence-electron chi connectivity index (χ2n) is 3.74. The minimum atomic E-state index is -4.81. The van der Waals surface area contributed by atoms with Crippen LogP contribution in [0.15, 0.2) is 29.2 Å². The number of ether oxygens (including phenoxy) is 1. The zero-order valence-electron chi connectivity index (χ0n) is 9.55. The summed E-state index contributed by atoms with van der Waals surface area (Å²) in [7, 11) is -3.82. The van der Waals surface area contributed by atoms with Crippen molar-refractivity contribution in [3.05, 3.63) is 24.3 Å². The van der Waals surface area contributed by atoms with Gasteiger partial charge in [0, 0.05) is 6.54 Å². The van der Waals surface area contributed by atoms with Crippen LogP contribution < -0.4 is 4.74 Å². The van der Waals surface area contributed by atoms with Crippen LogP contribution >= 0.6 is 0 Å². The topological polar surface area (TPSA) is 55.8 Å². The Hall–Kier alpha value is -1.32. The lowest BCUT2D eigenvalue weighted by Crippen LogP contribution is -2.26. The van der Waals surface area contributed by atoms with Crippen molar-refractivity contribution in [3.63, 3.8) is 0 Å². The molecule has 0 saturated carbocycles. The van der Waals surface area contributed by atoms with Crippen LogP contribution in [-0.2, 0) is 14.9 Å². The zero-order valence-corrected chi connectivity index (χ0v) is 10.4. The molecule has 0 amide bonds. The summed E-state index contributed by atoms with van der Waals surface area (Å²) in [5.74, 6) is -0.478. The summed E-state index contributed by atoms with van der Waals surface area (Å²) in [6.45, 7) is 0.525. The van der Waals surface area contributed by atoms with Gasteiger partial charge in [0.1, 0.15) is 5.75 Å². The van der Waals surface area contributed by atoms with Crippen LogP contribution in [0.4, 0.5) is 13.2 Å². The molecule has 1 aromatic rings. The molecule has 9 heteroatoms. The molecular weight excluding hydrogens is 287 g/mol. The molecule has 0 spiro atoms. The summed E-state index contributed by atoms with van der Waals surface area (Å²) in [5.41, 5.74) is 0. The molecular formula is C10H10F3NO4S. The molecule has 106 valence electrons. The maximum atomic E-state index is 12.0. The molecule has 1 aromatic carbocycles. The third kappa shape index (κ3) is 3.37. The molecule has 0 aromatic heterocycles. The summed E-state index contributed by atoms with van der Waals surface area (Å²) in [5, 5.41) is 0. The van der Waals surface area contributed by atoms with Gasteiger partial charge in [-0.2, -0.15) is 0 Å². The van der Waals surface area contributed by atoms with Crippen molar-refractivity contribution in [2.24, 2.45) is 0 Å². The molecule has 2 rings (SSSR count). The first kappa shape index (κ1) is 14.1. The van der Waals surface area contributed by atoms with Gasteiger partial charge in [-0.15, -0.1) is 13.2 Å². The Bertz CT molecular complexity index is 535. The third-order valence-electron chi connectivity index (χ3n) is 2.34. The van der Waals surface area contributed by atoms with E-state index < -0.39 is 22.1 Å². The smallest absolute Gasteiger partial charge is 0.406 e. The van der Waals surface area contributed by atoms with Crippen LogP contribution in [0.2, 0.25) is 0 Å². The van der Waals surface area contributed by atoms with E-state index in [0.717, 1.165) is 28.7 Å². The summed E-state index contributed by atoms with van der Waals surface area (Å²) >= 11 is 0. The highest BCUT2D eigenvalue weighted by molar-refractivity contribution is 7.89. The maximum Gasteiger partial charge on any atom is 0.573 e. The third-order valence-corrected chi connectivity index (χ3v) is 4.04. The Morgan fingerprint density at radius 2 is 1.84 bits per heavy atom. The van der Waals surface area contributed by atoms with Crippen molar-refractivity contribution in [3.8, 4) is 5.75 Å². The lowest BCUT2D eigenvalue weighted by Gasteiger charge is -2.14. The minimum Gasteiger partial charge on any atom is -0.406 e. The number of nitrogens with zero attached hydrogens (tertiary/aromatic N) is 1. The minimum absolute atomic E-state index is 0.149. The van der Waals surface area contributed by atoms with E-state index in [1.165, 1.54) is 0 Å². The molecule has 1 heterocycles. The zero-order chi connectivity index (χ0) is 14.1. The van der Waals surface area contributed by atoms with E-state index in [4.69, 9.17) is 4.84 Å². The number of alkyl halides is 3. The van der Waals surface area contributed by atoms with E-state index in [9.17, 15) is 21.6 Å². The molecule has 0 aliphatic carbocycles. The normalized spacial score (nSPS) is 17.6. The maximum absolute atomic E-state index is 12.0. The van der Waals surface area contributed by atoms with E-state index >= 15 is 0 Å². The van der Waals surface area contributed by atoms with Crippen LogP contribution in [-0.4, -0.2) is 32.4 Å². The van der Waals surface area contributed by atoms with Gasteiger partial charge in [0.05, 0.1) is 11.5 Å². The van der Waals surface area contributed by atoms with Crippen molar-refractivity contribution < 1.29 is 31.2 Å². The number of sulfonamides is 1. The number of benzene rings is 1. The van der Waals surface area contributed by atoms with E-state index in [0.29, 0.717) is 13.0 Å². The fourth-order valence-corrected chi connectivity index (χ4v) is 2.84. The highest BCUT2D eigenvalue weighted by Crippen LogP contribution is 2.25. The second kappa shape index (κ2) is 4.99. The van der Waals surface area contributed by atoms with E-state index in [2.05, 4.69) is 4.74 Å². The van der Waals surface area contributed by atoms with Crippen LogP contribution in [0.3, 0.4) is 0 Å². The standard InChI is InChI=1S/C10H10F3NO4S/c11-10(12,13)18-8-2-4-9(5-3-8)19(15,16)14-6-1-7-17-14/h2-5H,1,6-7H2. The summed E-state index contributed by atoms with van der Waals surface area (Å²) in [6, 6.07) is 3.96. The van der Waals surface area contributed by atoms with Crippen molar-refractivity contribution in [1.29, 1.82) is 0 Å². The number of hydrogen-bond donors (Lipinski definition) is 0. The molecule has 5 nitrogen and oxygen atoms in total. The average molecular weight is 297 g/mol. The first-order chi connectivity index (χ1) is 8.79. The fourth-order valence-electron chi connectivity index (χ4n) is 1.54. The molecule has 0 bridgehead atoms. The van der Waals surface area contributed by atoms with Gasteiger partial charge >= 0.3 is 6.36 Å². The molecule has 0 unspecified atom stereocenters. The van der Waals surface area contributed by atoms with Crippen LogP contribution in [0.1, 0.15) is 6.42 Å². The Morgan fingerprint density at radius 1 is 1.21 bits per heavy atom. The van der Waals surface area contributed by atoms with Crippen LogP contribution in [0.25, 0.3) is 0 Å². The molecule has 1 fully saturated rings. The largest absolute Gasteiger partial charge is 0.573 e. The second-order valence-corrected chi connectivity index (χ2v) is 5.57. The molecule has 0 atom stereocenters. The van der Waals surface area contributed by atoms with Gasteiger partial charge in [0.25, 0.3) is 10.0 Å². The van der Waals surface area contributed by atoms with E-state index in [-0.39, 0.29) is 11.4 Å². The van der Waals surface area contributed by atoms with Gasteiger partial charge in [-0.3, -0.25) is 4.84 Å². The van der Waals surface area contributed by atoms with E-state index in [1.54, 1.807) is 0 Å². The van der Waals surface area contributed by atoms with Gasteiger partial charge < -0.3 is 4.74 Å². The molecule has 1 aliphatic heterocycles. The van der Waals surface area contributed by atoms with Crippen LogP contribution in [0.5, 0.6) is 5.75 Å². The van der Waals surface area contributed by atoms with Gasteiger partial charge in [0.15, 0.2) is 0 Å². The first-order valence-electron chi connectivity index (χ1n) is 5.30. The van der Waals surface area contributed by atoms with Gasteiger partial charge in [-0.25, -0.2) is 8.42 Å². The number of hydrogen-bond acceptors (Lipinski definition) is 4. The van der Waals surface area contributed by atoms with Crippen LogP contribution in [0, 0.1) is 0 Å². The van der Waals surface area contributed by atoms with E-state index in [1.807, 2.05) is 0 Å². The molecule has 1 saturated heterocycles. The number of rotatable bonds is 3. The lowest BCUT2D eigenvalue weighted by atomic mass is 10.3. The Balaban J connectivity index is 2.18. The first-order valence-corrected chi connectivity index (χ1v) is 6.74. The highest BCUT2D eigenvalue weighted by atomic mass is 32.2. The highest BCUT2D eigenvalue weighted by Gasteiger charge is 2.32. The van der Waals surface area contributed by atoms with Crippen molar-refractivity contribution in [2.75, 3.05) is 13.2 Å². The fraction of sp³-hybridized carbons (Fsp3) is 0.400. The average Bonchev–Trinajstić information content (AvgIpc) is 2.81. The summed E-state index contributed by atoms with van der Waals surface area (Å²) < 4.78 is 64.3. The lowest BCUT2D eigenvalue weighted by molar-refractivity contribution is -0.274. The number of halogens is 3. The number of hydroxylamine groups is 1. The quantitative estimate of drug-likeness (QED) is 0.855. The monoisotopic (exact) mass is 297 g/mol. The summed E-state index contributed by atoms with van der Waals surface area (Å²) in [4.78, 5) is 4.77. The van der Waals surface area contributed by atoms with Gasteiger partial charge in [-0.1, -0.05) is 4.47 Å². The predicted molar refractivity (Wildman–Crippen MR) is 57.6 cm³/mol. The van der Waals surface area contributed by atoms with Gasteiger partial charge in [0.2, 0.25) is 0 Å². The van der Waals surface area contributed by atoms with Crippen molar-refractivity contribution >= 4 is 10.0 Å². The Kier molecular flexibility index (Phi) is 3.70. The molecule has 19 heavy (non-hydrogen) atoms.